The molecule has 0 fully saturated rings. The predicted octanol–water partition coefficient (Wildman–Crippen LogP) is 1.88. The molecule has 3 nitrogen and oxygen atoms in total. The van der Waals surface area contributed by atoms with E-state index < -0.39 is 0 Å². The van der Waals surface area contributed by atoms with Gasteiger partial charge in [0.25, 0.3) is 0 Å². The molecule has 0 aliphatic rings. The molecule has 1 heterocycles. The summed E-state index contributed by atoms with van der Waals surface area (Å²) in [5.74, 6) is 7.10. The summed E-state index contributed by atoms with van der Waals surface area (Å²) in [5, 5.41) is 7.31. The van der Waals surface area contributed by atoms with Crippen molar-refractivity contribution in [2.24, 2.45) is 12.5 Å². The first-order valence-electron chi connectivity index (χ1n) is 4.71. The van der Waals surface area contributed by atoms with E-state index in [9.17, 15) is 0 Å². The molecule has 0 amide bonds. The third-order valence-corrected chi connectivity index (χ3v) is 1.53. The smallest absolute Gasteiger partial charge is 0.148 e. The van der Waals surface area contributed by atoms with Gasteiger partial charge in [0.15, 0.2) is 0 Å². The van der Waals surface area contributed by atoms with Gasteiger partial charge in [0.05, 0.1) is 6.54 Å². The third-order valence-electron chi connectivity index (χ3n) is 1.53. The molecule has 76 valence electrons. The summed E-state index contributed by atoms with van der Waals surface area (Å²) in [6.45, 7) is 6.94. The van der Waals surface area contributed by atoms with E-state index in [-0.39, 0.29) is 5.41 Å². The second-order valence-electron chi connectivity index (χ2n) is 4.28. The Kier molecular flexibility index (Phi) is 3.19. The zero-order chi connectivity index (χ0) is 10.6. The molecule has 1 rings (SSSR count). The highest BCUT2D eigenvalue weighted by Gasteiger charge is 2.02. The van der Waals surface area contributed by atoms with Gasteiger partial charge >= 0.3 is 0 Å². The molecule has 0 aromatic carbocycles. The van der Waals surface area contributed by atoms with Crippen LogP contribution in [0, 0.1) is 17.3 Å². The first-order valence-corrected chi connectivity index (χ1v) is 4.71. The second kappa shape index (κ2) is 4.19. The van der Waals surface area contributed by atoms with Crippen LogP contribution in [0.25, 0.3) is 0 Å². The minimum absolute atomic E-state index is 0.0752. The molecule has 0 aliphatic carbocycles. The lowest BCUT2D eigenvalue weighted by atomic mass is 9.98. The fourth-order valence-corrected chi connectivity index (χ4v) is 0.953. The first-order chi connectivity index (χ1) is 6.47. The zero-order valence-electron chi connectivity index (χ0n) is 9.26. The summed E-state index contributed by atoms with van der Waals surface area (Å²) in [6.07, 6.45) is 1.90. The number of aryl methyl sites for hydroxylation is 1. The Balaban J connectivity index is 2.38. The van der Waals surface area contributed by atoms with Crippen LogP contribution in [0.2, 0.25) is 0 Å². The van der Waals surface area contributed by atoms with Crippen LogP contribution in [0.5, 0.6) is 0 Å². The monoisotopic (exact) mass is 191 g/mol. The average Bonchev–Trinajstić information content (AvgIpc) is 2.44. The Morgan fingerprint density at radius 3 is 2.71 bits per heavy atom. The number of hydrogen-bond acceptors (Lipinski definition) is 2. The van der Waals surface area contributed by atoms with Gasteiger partial charge in [-0.05, 0) is 20.8 Å². The summed E-state index contributed by atoms with van der Waals surface area (Å²) in [5.41, 5.74) is 0.0752. The Bertz CT molecular complexity index is 347. The zero-order valence-corrected chi connectivity index (χ0v) is 9.26. The summed E-state index contributed by atoms with van der Waals surface area (Å²) < 4.78 is 1.76. The van der Waals surface area contributed by atoms with Gasteiger partial charge in [0.1, 0.15) is 5.82 Å². The number of anilines is 1. The highest BCUT2D eigenvalue weighted by molar-refractivity contribution is 5.34. The van der Waals surface area contributed by atoms with Gasteiger partial charge in [-0.15, -0.1) is 0 Å². The molecule has 1 aromatic heterocycles. The maximum Gasteiger partial charge on any atom is 0.148 e. The highest BCUT2D eigenvalue weighted by Crippen LogP contribution is 2.09. The predicted molar refractivity (Wildman–Crippen MR) is 58.9 cm³/mol. The number of rotatable bonds is 2. The fourth-order valence-electron chi connectivity index (χ4n) is 0.953. The SMILES string of the molecule is Cn1ccc(NCC#CC(C)(C)C)n1. The van der Waals surface area contributed by atoms with Gasteiger partial charge in [0.2, 0.25) is 0 Å². The molecule has 14 heavy (non-hydrogen) atoms. The van der Waals surface area contributed by atoms with E-state index in [0.29, 0.717) is 6.54 Å². The lowest BCUT2D eigenvalue weighted by molar-refractivity contribution is 0.570. The van der Waals surface area contributed by atoms with Gasteiger partial charge in [-0.25, -0.2) is 0 Å². The summed E-state index contributed by atoms with van der Waals surface area (Å²) in [6, 6.07) is 1.93. The maximum absolute atomic E-state index is 4.18. The van der Waals surface area contributed by atoms with Crippen LogP contribution in [-0.2, 0) is 7.05 Å². The number of aromatic nitrogens is 2. The molecule has 0 unspecified atom stereocenters. The van der Waals surface area contributed by atoms with Crippen LogP contribution in [0.15, 0.2) is 12.3 Å². The quantitative estimate of drug-likeness (QED) is 0.723. The second-order valence-corrected chi connectivity index (χ2v) is 4.28. The Morgan fingerprint density at radius 1 is 1.50 bits per heavy atom. The van der Waals surface area contributed by atoms with Crippen molar-refractivity contribution in [2.75, 3.05) is 11.9 Å². The van der Waals surface area contributed by atoms with Crippen molar-refractivity contribution in [2.45, 2.75) is 20.8 Å². The molecule has 1 aromatic rings. The van der Waals surface area contributed by atoms with Crippen molar-refractivity contribution in [1.82, 2.24) is 9.78 Å². The van der Waals surface area contributed by atoms with E-state index in [1.165, 1.54) is 0 Å². The van der Waals surface area contributed by atoms with Crippen molar-refractivity contribution in [3.05, 3.63) is 12.3 Å². The largest absolute Gasteiger partial charge is 0.358 e. The summed E-state index contributed by atoms with van der Waals surface area (Å²) in [4.78, 5) is 0. The standard InChI is InChI=1S/C11H17N3/c1-11(2,3)7-5-8-12-10-6-9-14(4)13-10/h6,9H,8H2,1-4H3,(H,12,13). The van der Waals surface area contributed by atoms with Gasteiger partial charge in [-0.2, -0.15) is 5.10 Å². The molecule has 0 spiro atoms. The van der Waals surface area contributed by atoms with Gasteiger partial charge in [0, 0.05) is 24.7 Å². The molecular weight excluding hydrogens is 174 g/mol. The minimum Gasteiger partial charge on any atom is -0.358 e. The molecule has 0 saturated carbocycles. The van der Waals surface area contributed by atoms with E-state index in [2.05, 4.69) is 43.0 Å². The van der Waals surface area contributed by atoms with Crippen LogP contribution in [0.4, 0.5) is 5.82 Å². The number of hydrogen-bond donors (Lipinski definition) is 1. The Morgan fingerprint density at radius 2 is 2.21 bits per heavy atom. The molecule has 3 heteroatoms. The highest BCUT2D eigenvalue weighted by atomic mass is 15.3. The molecule has 0 saturated heterocycles. The van der Waals surface area contributed by atoms with Crippen LogP contribution in [0.3, 0.4) is 0 Å². The summed E-state index contributed by atoms with van der Waals surface area (Å²) >= 11 is 0. The fraction of sp³-hybridized carbons (Fsp3) is 0.545. The molecule has 0 aliphatic heterocycles. The Labute approximate surface area is 85.5 Å². The van der Waals surface area contributed by atoms with Gasteiger partial charge in [-0.3, -0.25) is 4.68 Å². The van der Waals surface area contributed by atoms with Crippen molar-refractivity contribution >= 4 is 5.82 Å². The first kappa shape index (κ1) is 10.6. The lowest BCUT2D eigenvalue weighted by Gasteiger charge is -2.06. The minimum atomic E-state index is 0.0752. The van der Waals surface area contributed by atoms with Crippen LogP contribution in [0.1, 0.15) is 20.8 Å². The van der Waals surface area contributed by atoms with Crippen molar-refractivity contribution in [3.8, 4) is 11.8 Å². The van der Waals surface area contributed by atoms with Crippen molar-refractivity contribution in [3.63, 3.8) is 0 Å². The third kappa shape index (κ3) is 3.99. The van der Waals surface area contributed by atoms with E-state index in [4.69, 9.17) is 0 Å². The average molecular weight is 191 g/mol. The van der Waals surface area contributed by atoms with Gasteiger partial charge in [-0.1, -0.05) is 11.8 Å². The van der Waals surface area contributed by atoms with Crippen molar-refractivity contribution in [1.29, 1.82) is 0 Å². The topological polar surface area (TPSA) is 29.9 Å². The van der Waals surface area contributed by atoms with E-state index >= 15 is 0 Å². The molecular formula is C11H17N3. The van der Waals surface area contributed by atoms with E-state index in [0.717, 1.165) is 5.82 Å². The lowest BCUT2D eigenvalue weighted by Crippen LogP contribution is -2.03. The van der Waals surface area contributed by atoms with Gasteiger partial charge < -0.3 is 5.32 Å². The van der Waals surface area contributed by atoms with Crippen LogP contribution in [-0.4, -0.2) is 16.3 Å². The van der Waals surface area contributed by atoms with Crippen LogP contribution < -0.4 is 5.32 Å². The number of nitrogens with one attached hydrogen (secondary N) is 1. The molecule has 0 bridgehead atoms. The number of nitrogens with zero attached hydrogens (tertiary/aromatic N) is 2. The summed E-state index contributed by atoms with van der Waals surface area (Å²) in [7, 11) is 1.89. The van der Waals surface area contributed by atoms with Crippen molar-refractivity contribution < 1.29 is 0 Å². The van der Waals surface area contributed by atoms with E-state index in [1.807, 2.05) is 19.3 Å². The molecule has 0 radical (unpaired) electrons. The van der Waals surface area contributed by atoms with Crippen LogP contribution >= 0.6 is 0 Å². The normalized spacial score (nSPS) is 10.6. The van der Waals surface area contributed by atoms with E-state index in [1.54, 1.807) is 4.68 Å². The molecule has 0 atom stereocenters. The Hall–Kier alpha value is -1.43. The molecule has 1 N–H and O–H groups in total. The maximum atomic E-state index is 4.18.